The molecule has 11 heavy (non-hydrogen) atoms. The highest BCUT2D eigenvalue weighted by Crippen LogP contribution is 1.81. The molecule has 0 aromatic heterocycles. The molecule has 0 aromatic rings. The van der Waals surface area contributed by atoms with Gasteiger partial charge < -0.3 is 10.4 Å². The predicted octanol–water partition coefficient (Wildman–Crippen LogP) is 1.05. The van der Waals surface area contributed by atoms with Crippen molar-refractivity contribution in [1.82, 2.24) is 4.90 Å². The fourth-order valence-corrected chi connectivity index (χ4v) is 0.671. The monoisotopic (exact) mass is 160 g/mol. The highest BCUT2D eigenvalue weighted by molar-refractivity contribution is 4.51. The summed E-state index contributed by atoms with van der Waals surface area (Å²) in [5, 5.41) is 7.32. The van der Waals surface area contributed by atoms with Crippen molar-refractivity contribution in [3.63, 3.8) is 0 Å². The highest BCUT2D eigenvalue weighted by atomic mass is 16.0. The van der Waals surface area contributed by atoms with Gasteiger partial charge in [0.05, 0.1) is 6.07 Å². The van der Waals surface area contributed by atoms with E-state index in [1.807, 2.05) is 0 Å². The van der Waals surface area contributed by atoms with Crippen molar-refractivity contribution in [2.75, 3.05) is 19.6 Å². The van der Waals surface area contributed by atoms with Gasteiger partial charge in [-0.25, -0.2) is 0 Å². The molecular formula is C8H20N2O. The van der Waals surface area contributed by atoms with Gasteiger partial charge in [-0.3, -0.25) is 0 Å². The van der Waals surface area contributed by atoms with Crippen LogP contribution in [0.2, 0.25) is 0 Å². The molecule has 0 aliphatic carbocycles. The van der Waals surface area contributed by atoms with Gasteiger partial charge in [-0.2, -0.15) is 5.26 Å². The van der Waals surface area contributed by atoms with Crippen LogP contribution in [0.15, 0.2) is 0 Å². The van der Waals surface area contributed by atoms with Crippen LogP contribution in [-0.4, -0.2) is 30.0 Å². The molecule has 0 radical (unpaired) electrons. The van der Waals surface area contributed by atoms with Gasteiger partial charge in [-0.05, 0) is 19.6 Å². The quantitative estimate of drug-likeness (QED) is 0.619. The molecule has 3 nitrogen and oxygen atoms in total. The summed E-state index contributed by atoms with van der Waals surface area (Å²) in [6.45, 7) is 11.6. The molecule has 0 heterocycles. The van der Waals surface area contributed by atoms with Crippen LogP contribution >= 0.6 is 0 Å². The van der Waals surface area contributed by atoms with Crippen LogP contribution < -0.4 is 0 Å². The van der Waals surface area contributed by atoms with E-state index < -0.39 is 0 Å². The Kier molecular flexibility index (Phi) is 24.7. The summed E-state index contributed by atoms with van der Waals surface area (Å²) < 4.78 is 0. The third kappa shape index (κ3) is 17.7. The lowest BCUT2D eigenvalue weighted by Gasteiger charge is -2.13. The minimum absolute atomic E-state index is 0. The second kappa shape index (κ2) is 16.2. The maximum absolute atomic E-state index is 7.32. The van der Waals surface area contributed by atoms with Gasteiger partial charge >= 0.3 is 0 Å². The molecular weight excluding hydrogens is 140 g/mol. The van der Waals surface area contributed by atoms with E-state index >= 15 is 0 Å². The first kappa shape index (κ1) is 16.8. The summed E-state index contributed by atoms with van der Waals surface area (Å²) in [4.78, 5) is 2.38. The minimum atomic E-state index is 0. The van der Waals surface area contributed by atoms with Crippen LogP contribution in [0, 0.1) is 11.3 Å². The van der Waals surface area contributed by atoms with Crippen molar-refractivity contribution in [3.05, 3.63) is 0 Å². The highest BCUT2D eigenvalue weighted by Gasteiger charge is 1.89. The predicted molar refractivity (Wildman–Crippen MR) is 48.4 cm³/mol. The summed E-state index contributed by atoms with van der Waals surface area (Å²) in [7, 11) is 0. The Morgan fingerprint density at radius 3 is 1.27 bits per heavy atom. The van der Waals surface area contributed by atoms with Gasteiger partial charge in [-0.15, -0.1) is 0 Å². The Morgan fingerprint density at radius 2 is 1.27 bits per heavy atom. The maximum atomic E-state index is 7.32. The molecule has 0 amide bonds. The molecule has 68 valence electrons. The zero-order valence-corrected chi connectivity index (χ0v) is 8.02. The summed E-state index contributed by atoms with van der Waals surface area (Å²) >= 11 is 0. The zero-order valence-electron chi connectivity index (χ0n) is 8.02. The summed E-state index contributed by atoms with van der Waals surface area (Å²) in [5.74, 6) is 0. The molecule has 0 aromatic carbocycles. The van der Waals surface area contributed by atoms with Gasteiger partial charge in [0.15, 0.2) is 0 Å². The van der Waals surface area contributed by atoms with Gasteiger partial charge in [-0.1, -0.05) is 20.8 Å². The van der Waals surface area contributed by atoms with Gasteiger partial charge in [0.1, 0.15) is 0 Å². The van der Waals surface area contributed by atoms with Crippen LogP contribution in [-0.2, 0) is 0 Å². The molecule has 0 unspecified atom stereocenters. The molecule has 0 bridgehead atoms. The number of nitriles is 1. The third-order valence-electron chi connectivity index (χ3n) is 1.34. The smallest absolute Gasteiger partial charge is 0.0587 e. The molecule has 0 saturated heterocycles. The molecule has 0 rings (SSSR count). The van der Waals surface area contributed by atoms with Crippen molar-refractivity contribution in [2.45, 2.75) is 27.7 Å². The molecule has 3 heteroatoms. The molecule has 0 aliphatic heterocycles. The van der Waals surface area contributed by atoms with Gasteiger partial charge in [0, 0.05) is 6.92 Å². The average molecular weight is 160 g/mol. The molecule has 0 fully saturated rings. The fraction of sp³-hybridized carbons (Fsp3) is 0.875. The summed E-state index contributed by atoms with van der Waals surface area (Å²) in [5.41, 5.74) is 0. The minimum Gasteiger partial charge on any atom is -0.412 e. The first-order valence-corrected chi connectivity index (χ1v) is 3.79. The third-order valence-corrected chi connectivity index (χ3v) is 1.34. The first-order chi connectivity index (χ1) is 4.76. The largest absolute Gasteiger partial charge is 0.412 e. The molecule has 0 spiro atoms. The van der Waals surface area contributed by atoms with E-state index in [0.717, 1.165) is 0 Å². The van der Waals surface area contributed by atoms with Gasteiger partial charge in [0.2, 0.25) is 0 Å². The number of hydrogen-bond donors (Lipinski definition) is 0. The molecule has 0 saturated carbocycles. The molecule has 2 N–H and O–H groups in total. The van der Waals surface area contributed by atoms with Crippen molar-refractivity contribution in [2.24, 2.45) is 0 Å². The van der Waals surface area contributed by atoms with E-state index in [1.54, 1.807) is 6.07 Å². The second-order valence-corrected chi connectivity index (χ2v) is 1.84. The maximum Gasteiger partial charge on any atom is 0.0587 e. The standard InChI is InChI=1S/C6H15N.C2H3N.H2O/c1-4-7(5-2)6-3;1-2-3;/h4-6H2,1-3H3;1H3;1H2. The SMILES string of the molecule is CC#N.CCN(CC)CC.O. The first-order valence-electron chi connectivity index (χ1n) is 3.79. The van der Waals surface area contributed by atoms with E-state index in [1.165, 1.54) is 26.6 Å². The molecule has 0 atom stereocenters. The van der Waals surface area contributed by atoms with E-state index in [4.69, 9.17) is 5.26 Å². The summed E-state index contributed by atoms with van der Waals surface area (Å²) in [6.07, 6.45) is 0. The van der Waals surface area contributed by atoms with Crippen LogP contribution in [0.1, 0.15) is 27.7 Å². The van der Waals surface area contributed by atoms with E-state index in [0.29, 0.717) is 0 Å². The fourth-order valence-electron chi connectivity index (χ4n) is 0.671. The number of hydrogen-bond acceptors (Lipinski definition) is 2. The second-order valence-electron chi connectivity index (χ2n) is 1.84. The lowest BCUT2D eigenvalue weighted by molar-refractivity contribution is 0.321. The van der Waals surface area contributed by atoms with Crippen molar-refractivity contribution >= 4 is 0 Å². The van der Waals surface area contributed by atoms with Gasteiger partial charge in [0.25, 0.3) is 0 Å². The lowest BCUT2D eigenvalue weighted by Crippen LogP contribution is -2.21. The molecule has 0 aliphatic rings. The van der Waals surface area contributed by atoms with Crippen molar-refractivity contribution < 1.29 is 5.48 Å². The average Bonchev–Trinajstić information content (AvgIpc) is 1.93. The normalized spacial score (nSPS) is 7.27. The number of nitrogens with zero attached hydrogens (tertiary/aromatic N) is 2. The number of rotatable bonds is 3. The lowest BCUT2D eigenvalue weighted by atomic mass is 10.5. The van der Waals surface area contributed by atoms with E-state index in [9.17, 15) is 0 Å². The van der Waals surface area contributed by atoms with Crippen LogP contribution in [0.3, 0.4) is 0 Å². The van der Waals surface area contributed by atoms with Crippen molar-refractivity contribution in [3.8, 4) is 6.07 Å². The zero-order chi connectivity index (χ0) is 8.41. The Balaban J connectivity index is -0.000000140. The Bertz CT molecular complexity index is 79.1. The van der Waals surface area contributed by atoms with Crippen LogP contribution in [0.5, 0.6) is 0 Å². The van der Waals surface area contributed by atoms with Crippen LogP contribution in [0.4, 0.5) is 0 Å². The van der Waals surface area contributed by atoms with Crippen LogP contribution in [0.25, 0.3) is 0 Å². The van der Waals surface area contributed by atoms with E-state index in [-0.39, 0.29) is 5.48 Å². The Labute approximate surface area is 69.9 Å². The Morgan fingerprint density at radius 1 is 1.09 bits per heavy atom. The Hall–Kier alpha value is -0.590. The van der Waals surface area contributed by atoms with Crippen molar-refractivity contribution in [1.29, 1.82) is 5.26 Å². The topological polar surface area (TPSA) is 58.5 Å². The summed E-state index contributed by atoms with van der Waals surface area (Å²) in [6, 6.07) is 1.75. The van der Waals surface area contributed by atoms with E-state index in [2.05, 4.69) is 25.7 Å².